The maximum absolute atomic E-state index is 13.0. The minimum Gasteiger partial charge on any atom is -0.457 e. The van der Waals surface area contributed by atoms with Gasteiger partial charge in [-0.2, -0.15) is 0 Å². The number of carbonyl (C=O) groups is 1. The van der Waals surface area contributed by atoms with E-state index in [1.54, 1.807) is 24.3 Å². The Morgan fingerprint density at radius 1 is 0.925 bits per heavy atom. The second-order valence-corrected chi connectivity index (χ2v) is 11.7. The lowest BCUT2D eigenvalue weighted by atomic mass is 10.0. The monoisotopic (exact) mass is 586 g/mol. The van der Waals surface area contributed by atoms with Crippen LogP contribution in [0.15, 0.2) is 78.9 Å². The van der Waals surface area contributed by atoms with Crippen molar-refractivity contribution in [1.82, 2.24) is 15.1 Å². The number of hydrogen-bond donors (Lipinski definition) is 2. The van der Waals surface area contributed by atoms with Crippen LogP contribution in [-0.2, 0) is 23.1 Å². The lowest BCUT2D eigenvalue weighted by Gasteiger charge is -2.38. The van der Waals surface area contributed by atoms with Gasteiger partial charge in [0, 0.05) is 44.5 Å². The van der Waals surface area contributed by atoms with Crippen LogP contribution in [0, 0.1) is 0 Å². The molecule has 1 heterocycles. The molecule has 3 aromatic rings. The van der Waals surface area contributed by atoms with Crippen molar-refractivity contribution >= 4 is 34.1 Å². The number of likely N-dealkylation sites (tertiary alicyclic amines) is 1. The molecule has 2 N–H and O–H groups in total. The van der Waals surface area contributed by atoms with Crippen molar-refractivity contribution in [2.24, 2.45) is 0 Å². The summed E-state index contributed by atoms with van der Waals surface area (Å²) in [5.41, 5.74) is 2.81. The zero-order valence-corrected chi connectivity index (χ0v) is 24.7. The Labute approximate surface area is 244 Å². The van der Waals surface area contributed by atoms with Crippen molar-refractivity contribution in [3.8, 4) is 11.5 Å². The molecule has 0 radical (unpaired) electrons. The molecule has 0 aromatic heterocycles. The molecular formula is C30H39ClN4O4S. The van der Waals surface area contributed by atoms with Gasteiger partial charge in [0.15, 0.2) is 0 Å². The van der Waals surface area contributed by atoms with E-state index in [0.717, 1.165) is 63.0 Å². The highest BCUT2D eigenvalue weighted by Crippen LogP contribution is 2.25. The van der Waals surface area contributed by atoms with E-state index in [2.05, 4.69) is 34.0 Å². The maximum Gasteiger partial charge on any atom is 0.317 e. The van der Waals surface area contributed by atoms with Crippen molar-refractivity contribution in [2.75, 3.05) is 30.6 Å². The summed E-state index contributed by atoms with van der Waals surface area (Å²) in [5.74, 6) is 1.35. The number of anilines is 1. The quantitative estimate of drug-likeness (QED) is 0.294. The van der Waals surface area contributed by atoms with E-state index >= 15 is 0 Å². The molecule has 0 atom stereocenters. The molecule has 216 valence electrons. The van der Waals surface area contributed by atoms with E-state index in [0.29, 0.717) is 18.0 Å². The van der Waals surface area contributed by atoms with Crippen molar-refractivity contribution in [1.29, 1.82) is 0 Å². The Hall–Kier alpha value is -3.27. The van der Waals surface area contributed by atoms with Crippen LogP contribution in [0.25, 0.3) is 0 Å². The van der Waals surface area contributed by atoms with Gasteiger partial charge in [-0.25, -0.2) is 13.2 Å². The standard InChI is InChI=1S/C30H38N4O4S.ClH/c1-3-19-34(30(35)31-22-24-7-5-4-6-8-24)27-17-20-33(21-18-27)23-25-9-13-28(14-10-25)38-29-15-11-26(12-16-29)32-39(2,36)37;/h4-16,27,32H,3,17-23H2,1-2H3,(H,31,35);1H. The Kier molecular flexibility index (Phi) is 11.7. The second-order valence-electron chi connectivity index (χ2n) is 9.99. The van der Waals surface area contributed by atoms with Gasteiger partial charge in [0.05, 0.1) is 6.26 Å². The summed E-state index contributed by atoms with van der Waals surface area (Å²) in [6.45, 7) is 6.18. The molecule has 3 aromatic carbocycles. The molecular weight excluding hydrogens is 548 g/mol. The van der Waals surface area contributed by atoms with Crippen molar-refractivity contribution in [2.45, 2.75) is 45.3 Å². The Bertz CT molecular complexity index is 1300. The number of rotatable bonds is 11. The molecule has 0 aliphatic carbocycles. The zero-order chi connectivity index (χ0) is 27.7. The van der Waals surface area contributed by atoms with E-state index in [9.17, 15) is 13.2 Å². The number of hydrogen-bond acceptors (Lipinski definition) is 5. The average molecular weight is 587 g/mol. The van der Waals surface area contributed by atoms with Crippen LogP contribution in [0.2, 0.25) is 0 Å². The predicted octanol–water partition coefficient (Wildman–Crippen LogP) is 5.86. The van der Waals surface area contributed by atoms with Gasteiger partial charge in [0.2, 0.25) is 10.0 Å². The van der Waals surface area contributed by atoms with Crippen molar-refractivity contribution in [3.63, 3.8) is 0 Å². The third-order valence-corrected chi connectivity index (χ3v) is 7.34. The first-order chi connectivity index (χ1) is 18.8. The molecule has 0 spiro atoms. The molecule has 1 aliphatic rings. The zero-order valence-electron chi connectivity index (χ0n) is 23.1. The smallest absolute Gasteiger partial charge is 0.317 e. The predicted molar refractivity (Wildman–Crippen MR) is 163 cm³/mol. The minimum absolute atomic E-state index is 0. The van der Waals surface area contributed by atoms with Crippen LogP contribution in [0.5, 0.6) is 11.5 Å². The molecule has 8 nitrogen and oxygen atoms in total. The first-order valence-electron chi connectivity index (χ1n) is 13.4. The first kappa shape index (κ1) is 31.3. The van der Waals surface area contributed by atoms with Gasteiger partial charge < -0.3 is 15.0 Å². The van der Waals surface area contributed by atoms with Crippen LogP contribution in [-0.4, -0.2) is 56.2 Å². The van der Waals surface area contributed by atoms with Gasteiger partial charge in [-0.15, -0.1) is 12.4 Å². The van der Waals surface area contributed by atoms with E-state index in [1.807, 2.05) is 47.4 Å². The number of piperidine rings is 1. The fraction of sp³-hybridized carbons (Fsp3) is 0.367. The summed E-state index contributed by atoms with van der Waals surface area (Å²) in [5, 5.41) is 3.10. The highest BCUT2D eigenvalue weighted by Gasteiger charge is 2.27. The topological polar surface area (TPSA) is 91.0 Å². The molecule has 4 rings (SSSR count). The summed E-state index contributed by atoms with van der Waals surface area (Å²) in [6, 6.07) is 25.1. The summed E-state index contributed by atoms with van der Waals surface area (Å²) in [6.07, 6.45) is 3.98. The second kappa shape index (κ2) is 14.9. The van der Waals surface area contributed by atoms with Crippen LogP contribution in [0.1, 0.15) is 37.3 Å². The molecule has 2 amide bonds. The third kappa shape index (κ3) is 9.73. The summed E-state index contributed by atoms with van der Waals surface area (Å²) < 4.78 is 31.1. The van der Waals surface area contributed by atoms with Crippen LogP contribution in [0.3, 0.4) is 0 Å². The normalized spacial score (nSPS) is 14.2. The molecule has 40 heavy (non-hydrogen) atoms. The van der Waals surface area contributed by atoms with E-state index in [1.165, 1.54) is 5.56 Å². The van der Waals surface area contributed by atoms with Gasteiger partial charge >= 0.3 is 6.03 Å². The van der Waals surface area contributed by atoms with Crippen molar-refractivity contribution in [3.05, 3.63) is 90.0 Å². The third-order valence-electron chi connectivity index (χ3n) is 6.73. The highest BCUT2D eigenvalue weighted by molar-refractivity contribution is 7.92. The average Bonchev–Trinajstić information content (AvgIpc) is 2.93. The lowest BCUT2D eigenvalue weighted by Crippen LogP contribution is -2.50. The number of carbonyl (C=O) groups excluding carboxylic acids is 1. The van der Waals surface area contributed by atoms with Crippen LogP contribution >= 0.6 is 12.4 Å². The molecule has 0 unspecified atom stereocenters. The molecule has 1 saturated heterocycles. The van der Waals surface area contributed by atoms with E-state index in [-0.39, 0.29) is 24.5 Å². The van der Waals surface area contributed by atoms with Gasteiger partial charge in [-0.05, 0) is 66.8 Å². The number of halogens is 1. The lowest BCUT2D eigenvalue weighted by molar-refractivity contribution is 0.117. The molecule has 1 fully saturated rings. The number of nitrogens with zero attached hydrogens (tertiary/aromatic N) is 2. The first-order valence-corrected chi connectivity index (χ1v) is 15.3. The van der Waals surface area contributed by atoms with Gasteiger partial charge in [-0.1, -0.05) is 49.4 Å². The van der Waals surface area contributed by atoms with Crippen molar-refractivity contribution < 1.29 is 17.9 Å². The Morgan fingerprint density at radius 3 is 2.10 bits per heavy atom. The largest absolute Gasteiger partial charge is 0.457 e. The number of nitrogens with one attached hydrogen (secondary N) is 2. The summed E-state index contributed by atoms with van der Waals surface area (Å²) in [4.78, 5) is 17.4. The molecule has 0 saturated carbocycles. The van der Waals surface area contributed by atoms with Crippen LogP contribution in [0.4, 0.5) is 10.5 Å². The number of amides is 2. The Balaban J connectivity index is 0.00000441. The van der Waals surface area contributed by atoms with E-state index < -0.39 is 10.0 Å². The Morgan fingerprint density at radius 2 is 1.52 bits per heavy atom. The van der Waals surface area contributed by atoms with Gasteiger partial charge in [-0.3, -0.25) is 9.62 Å². The number of sulfonamides is 1. The number of ether oxygens (including phenoxy) is 1. The maximum atomic E-state index is 13.0. The van der Waals surface area contributed by atoms with Gasteiger partial charge in [0.1, 0.15) is 11.5 Å². The SMILES string of the molecule is CCCN(C(=O)NCc1ccccc1)C1CCN(Cc2ccc(Oc3ccc(NS(C)(=O)=O)cc3)cc2)CC1.Cl. The number of benzene rings is 3. The molecule has 1 aliphatic heterocycles. The molecule has 10 heteroatoms. The fourth-order valence-corrected chi connectivity index (χ4v) is 5.38. The summed E-state index contributed by atoms with van der Waals surface area (Å²) >= 11 is 0. The summed E-state index contributed by atoms with van der Waals surface area (Å²) in [7, 11) is -3.31. The van der Waals surface area contributed by atoms with Crippen LogP contribution < -0.4 is 14.8 Å². The molecule has 0 bridgehead atoms. The minimum atomic E-state index is -3.31. The fourth-order valence-electron chi connectivity index (χ4n) is 4.82. The van der Waals surface area contributed by atoms with Gasteiger partial charge in [0.25, 0.3) is 0 Å². The highest BCUT2D eigenvalue weighted by atomic mass is 35.5. The number of urea groups is 1. The van der Waals surface area contributed by atoms with E-state index in [4.69, 9.17) is 4.74 Å².